The number of allylic oxidation sites excluding steroid dienone is 8. The summed E-state index contributed by atoms with van der Waals surface area (Å²) >= 11 is 0. The van der Waals surface area contributed by atoms with Crippen LogP contribution in [0.1, 0.15) is 11.1 Å². The van der Waals surface area contributed by atoms with E-state index in [1.807, 2.05) is 78.9 Å². The molecule has 0 atom stereocenters. The highest BCUT2D eigenvalue weighted by atomic mass is 16.5. The lowest BCUT2D eigenvalue weighted by molar-refractivity contribution is 0.476. The smallest absolute Gasteiger partial charge is 0.360 e. The van der Waals surface area contributed by atoms with E-state index in [4.69, 9.17) is 9.15 Å². The summed E-state index contributed by atoms with van der Waals surface area (Å²) in [6.07, 6.45) is 19.7. The minimum Gasteiger partial charge on any atom is -0.464 e. The minimum atomic E-state index is 0.889. The number of benzene rings is 2. The van der Waals surface area contributed by atoms with E-state index < -0.39 is 0 Å². The van der Waals surface area contributed by atoms with Crippen molar-refractivity contribution in [2.75, 3.05) is 0 Å². The molecule has 3 aromatic rings. The number of hydrogen-bond acceptors (Lipinski definition) is 1. The molecule has 2 heteroatoms. The summed E-state index contributed by atoms with van der Waals surface area (Å²) < 4.78 is 11.0. The molecule has 1 aliphatic rings. The van der Waals surface area contributed by atoms with Crippen LogP contribution >= 0.6 is 0 Å². The van der Waals surface area contributed by atoms with Gasteiger partial charge in [-0.3, -0.25) is 0 Å². The topological polar surface area (TPSA) is 20.5 Å². The van der Waals surface area contributed by atoms with E-state index in [0.29, 0.717) is 0 Å². The molecule has 4 rings (SSSR count). The van der Waals surface area contributed by atoms with Gasteiger partial charge < -0.3 is 4.74 Å². The maximum absolute atomic E-state index is 5.51. The van der Waals surface area contributed by atoms with Gasteiger partial charge in [-0.2, -0.15) is 0 Å². The van der Waals surface area contributed by atoms with E-state index in [-0.39, 0.29) is 0 Å². The van der Waals surface area contributed by atoms with Crippen LogP contribution in [0.3, 0.4) is 0 Å². The lowest BCUT2D eigenvalue weighted by atomic mass is 10.0. The summed E-state index contributed by atoms with van der Waals surface area (Å²) in [5.41, 5.74) is 4.27. The van der Waals surface area contributed by atoms with Crippen molar-refractivity contribution in [1.29, 1.82) is 0 Å². The summed E-state index contributed by atoms with van der Waals surface area (Å²) in [6.45, 7) is 0. The van der Waals surface area contributed by atoms with Crippen LogP contribution in [0.2, 0.25) is 0 Å². The largest absolute Gasteiger partial charge is 0.464 e. The third-order valence-electron chi connectivity index (χ3n) is 4.28. The first kappa shape index (κ1) is 16.8. The molecule has 2 heterocycles. The Kier molecular flexibility index (Phi) is 5.07. The van der Waals surface area contributed by atoms with Crippen molar-refractivity contribution in [3.63, 3.8) is 0 Å². The Hall–Kier alpha value is -3.65. The third-order valence-corrected chi connectivity index (χ3v) is 4.28. The Labute approximate surface area is 158 Å². The van der Waals surface area contributed by atoms with Gasteiger partial charge in [0, 0.05) is 17.7 Å². The maximum Gasteiger partial charge on any atom is 0.360 e. The SMILES string of the molecule is C(=CC=Cc1cc[o+]c2ccccc12)C=CC=C1C=COc2ccccc21. The van der Waals surface area contributed by atoms with E-state index in [1.165, 1.54) is 0 Å². The van der Waals surface area contributed by atoms with Gasteiger partial charge in [-0.15, -0.1) is 0 Å². The second-order valence-corrected chi connectivity index (χ2v) is 6.04. The minimum absolute atomic E-state index is 0.889. The zero-order valence-corrected chi connectivity index (χ0v) is 14.8. The molecule has 0 bridgehead atoms. The summed E-state index contributed by atoms with van der Waals surface area (Å²) in [6, 6.07) is 18.0. The van der Waals surface area contributed by atoms with Crippen LogP contribution in [0.4, 0.5) is 0 Å². The maximum atomic E-state index is 5.51. The quantitative estimate of drug-likeness (QED) is 0.379. The van der Waals surface area contributed by atoms with Crippen molar-refractivity contribution in [3.05, 3.63) is 121 Å². The van der Waals surface area contributed by atoms with Crippen LogP contribution in [-0.2, 0) is 0 Å². The highest BCUT2D eigenvalue weighted by molar-refractivity contribution is 5.86. The van der Waals surface area contributed by atoms with Crippen molar-refractivity contribution in [1.82, 2.24) is 0 Å². The van der Waals surface area contributed by atoms with E-state index >= 15 is 0 Å². The number of fused-ring (bicyclic) bond motifs is 2. The van der Waals surface area contributed by atoms with Gasteiger partial charge in [0.05, 0.1) is 11.6 Å². The molecule has 2 aromatic carbocycles. The average Bonchev–Trinajstić information content (AvgIpc) is 2.73. The first-order valence-corrected chi connectivity index (χ1v) is 8.86. The molecule has 0 amide bonds. The molecule has 0 saturated heterocycles. The zero-order chi connectivity index (χ0) is 18.3. The van der Waals surface area contributed by atoms with Crippen LogP contribution in [0, 0.1) is 0 Å². The molecule has 0 N–H and O–H groups in total. The molecule has 1 aliphatic heterocycles. The van der Waals surface area contributed by atoms with Crippen molar-refractivity contribution in [3.8, 4) is 5.75 Å². The van der Waals surface area contributed by atoms with Gasteiger partial charge in [0.2, 0.25) is 0 Å². The molecule has 0 unspecified atom stereocenters. The zero-order valence-electron chi connectivity index (χ0n) is 14.8. The van der Waals surface area contributed by atoms with Crippen LogP contribution in [0.15, 0.2) is 114 Å². The fourth-order valence-electron chi connectivity index (χ4n) is 2.96. The summed E-state index contributed by atoms with van der Waals surface area (Å²) in [5, 5.41) is 1.11. The van der Waals surface area contributed by atoms with Crippen LogP contribution in [0.25, 0.3) is 22.6 Å². The fourth-order valence-corrected chi connectivity index (χ4v) is 2.96. The van der Waals surface area contributed by atoms with Crippen molar-refractivity contribution in [2.45, 2.75) is 0 Å². The van der Waals surface area contributed by atoms with Crippen molar-refractivity contribution in [2.24, 2.45) is 0 Å². The first-order valence-electron chi connectivity index (χ1n) is 8.86. The monoisotopic (exact) mass is 351 g/mol. The van der Waals surface area contributed by atoms with E-state index in [9.17, 15) is 0 Å². The average molecular weight is 351 g/mol. The molecule has 0 saturated carbocycles. The van der Waals surface area contributed by atoms with E-state index in [2.05, 4.69) is 24.3 Å². The van der Waals surface area contributed by atoms with Crippen LogP contribution in [-0.4, -0.2) is 0 Å². The standard InChI is InChI=1S/C25H19O2/c1(2-4-10-20-16-18-26-24-14-8-6-12-22(20)24)3-5-11-21-17-19-27-25-15-9-7-13-23(21)25/h1-19H/q+1. The molecule has 0 radical (unpaired) electrons. The molecule has 130 valence electrons. The second-order valence-electron chi connectivity index (χ2n) is 6.04. The third kappa shape index (κ3) is 3.96. The fraction of sp³-hybridized carbons (Fsp3) is 0. The Morgan fingerprint density at radius 1 is 0.778 bits per heavy atom. The molecular weight excluding hydrogens is 332 g/mol. The highest BCUT2D eigenvalue weighted by Gasteiger charge is 2.09. The Morgan fingerprint density at radius 3 is 2.59 bits per heavy atom. The van der Waals surface area contributed by atoms with Crippen molar-refractivity contribution >= 4 is 22.6 Å². The number of ether oxygens (including phenoxy) is 1. The highest BCUT2D eigenvalue weighted by Crippen LogP contribution is 2.30. The lowest BCUT2D eigenvalue weighted by Gasteiger charge is -2.13. The van der Waals surface area contributed by atoms with Crippen LogP contribution < -0.4 is 4.74 Å². The van der Waals surface area contributed by atoms with E-state index in [0.717, 1.165) is 33.4 Å². The molecule has 0 fully saturated rings. The van der Waals surface area contributed by atoms with Gasteiger partial charge in [0.25, 0.3) is 0 Å². The summed E-state index contributed by atoms with van der Waals surface area (Å²) in [4.78, 5) is 0. The van der Waals surface area contributed by atoms with Gasteiger partial charge >= 0.3 is 11.8 Å². The lowest BCUT2D eigenvalue weighted by Crippen LogP contribution is -1.94. The number of para-hydroxylation sites is 2. The molecule has 1 aromatic heterocycles. The predicted octanol–water partition coefficient (Wildman–Crippen LogP) is 6.83. The first-order chi connectivity index (χ1) is 13.4. The number of rotatable bonds is 4. The molecule has 27 heavy (non-hydrogen) atoms. The van der Waals surface area contributed by atoms with Gasteiger partial charge in [-0.05, 0) is 29.3 Å². The number of hydrogen-bond donors (Lipinski definition) is 0. The molecule has 0 spiro atoms. The van der Waals surface area contributed by atoms with Crippen LogP contribution in [0.5, 0.6) is 5.75 Å². The summed E-state index contributed by atoms with van der Waals surface area (Å²) in [5.74, 6) is 0.889. The summed E-state index contributed by atoms with van der Waals surface area (Å²) in [7, 11) is 0. The van der Waals surface area contributed by atoms with Gasteiger partial charge in [0.15, 0.2) is 0 Å². The Bertz CT molecular complexity index is 1090. The molecule has 2 nitrogen and oxygen atoms in total. The normalized spacial score (nSPS) is 15.2. The predicted molar refractivity (Wildman–Crippen MR) is 112 cm³/mol. The van der Waals surface area contributed by atoms with Gasteiger partial charge in [0.1, 0.15) is 5.75 Å². The molecular formula is C25H19O2+. The Morgan fingerprint density at radius 2 is 1.59 bits per heavy atom. The molecule has 0 aliphatic carbocycles. The second kappa shape index (κ2) is 8.15. The van der Waals surface area contributed by atoms with Crippen molar-refractivity contribution < 1.29 is 9.15 Å². The van der Waals surface area contributed by atoms with E-state index in [1.54, 1.807) is 12.5 Å². The van der Waals surface area contributed by atoms with Gasteiger partial charge in [-0.25, -0.2) is 4.42 Å². The van der Waals surface area contributed by atoms with Gasteiger partial charge in [-0.1, -0.05) is 72.9 Å². The Balaban J connectivity index is 1.43.